The number of aromatic nitrogens is 3. The number of carboxylic acid groups (broad SMARTS) is 1. The number of thiophene rings is 1. The normalized spacial score (nSPS) is 15.7. The van der Waals surface area contributed by atoms with Crippen LogP contribution in [0.4, 0.5) is 13.6 Å². The third-order valence-electron chi connectivity index (χ3n) is 8.27. The number of rotatable bonds is 7. The first kappa shape index (κ1) is 29.9. The molecule has 0 radical (unpaired) electrons. The summed E-state index contributed by atoms with van der Waals surface area (Å²) in [7, 11) is -2.07. The predicted octanol–water partition coefficient (Wildman–Crippen LogP) is 6.85. The number of nitrogens with zero attached hydrogens (tertiary/aromatic N) is 3. The summed E-state index contributed by atoms with van der Waals surface area (Å²) in [5, 5.41) is 16.3. The fourth-order valence-electron chi connectivity index (χ4n) is 4.93. The molecule has 2 N–H and O–H groups in total. The lowest BCUT2D eigenvalue weighted by atomic mass is 9.98. The third kappa shape index (κ3) is 5.36. The SMILES string of the molecule is C[C@@H]1c2cc(-c3[nH]c(=O)c4ccsc4c3-c3c(F)cc(F)cc3OCCO[Si](C)(C)C(C)(C)C)nn2CCN1C(=O)O. The number of amides is 1. The molecular formula is C29H34F2N4O5SSi. The maximum Gasteiger partial charge on any atom is 0.407 e. The Morgan fingerprint density at radius 2 is 1.93 bits per heavy atom. The van der Waals surface area contributed by atoms with Crippen LogP contribution in [-0.4, -0.2) is 58.9 Å². The van der Waals surface area contributed by atoms with Gasteiger partial charge in [-0.15, -0.1) is 11.3 Å². The minimum atomic E-state index is -2.07. The van der Waals surface area contributed by atoms with Gasteiger partial charge in [-0.05, 0) is 42.6 Å². The number of benzene rings is 1. The molecular weight excluding hydrogens is 582 g/mol. The quantitative estimate of drug-likeness (QED) is 0.174. The van der Waals surface area contributed by atoms with Gasteiger partial charge in [0.15, 0.2) is 8.32 Å². The first-order chi connectivity index (χ1) is 19.7. The number of H-pyrrole nitrogens is 1. The zero-order valence-corrected chi connectivity index (χ0v) is 26.2. The van der Waals surface area contributed by atoms with E-state index in [0.29, 0.717) is 33.6 Å². The zero-order chi connectivity index (χ0) is 30.6. The molecule has 1 aliphatic heterocycles. The summed E-state index contributed by atoms with van der Waals surface area (Å²) in [6, 6.07) is 4.77. The van der Waals surface area contributed by atoms with Crippen molar-refractivity contribution in [1.82, 2.24) is 19.7 Å². The van der Waals surface area contributed by atoms with Gasteiger partial charge in [0, 0.05) is 24.2 Å². The minimum Gasteiger partial charge on any atom is -0.490 e. The van der Waals surface area contributed by atoms with Crippen molar-refractivity contribution in [2.45, 2.75) is 58.4 Å². The van der Waals surface area contributed by atoms with E-state index >= 15 is 4.39 Å². The Kier molecular flexibility index (Phi) is 7.79. The van der Waals surface area contributed by atoms with Crippen molar-refractivity contribution in [3.05, 3.63) is 57.3 Å². The number of halogens is 2. The van der Waals surface area contributed by atoms with Crippen molar-refractivity contribution in [3.8, 4) is 28.3 Å². The Morgan fingerprint density at radius 1 is 1.19 bits per heavy atom. The molecule has 13 heteroatoms. The topological polar surface area (TPSA) is 110 Å². The molecule has 1 atom stereocenters. The van der Waals surface area contributed by atoms with Crippen molar-refractivity contribution < 1.29 is 27.8 Å². The van der Waals surface area contributed by atoms with E-state index in [1.807, 2.05) is 0 Å². The van der Waals surface area contributed by atoms with Gasteiger partial charge in [-0.2, -0.15) is 5.10 Å². The number of pyridine rings is 1. The molecule has 0 spiro atoms. The second kappa shape index (κ2) is 10.9. The summed E-state index contributed by atoms with van der Waals surface area (Å²) >= 11 is 1.25. The third-order valence-corrected chi connectivity index (χ3v) is 13.7. The Bertz CT molecular complexity index is 1730. The van der Waals surface area contributed by atoms with E-state index in [-0.39, 0.29) is 47.4 Å². The molecule has 1 aliphatic rings. The van der Waals surface area contributed by atoms with E-state index in [4.69, 9.17) is 9.16 Å². The van der Waals surface area contributed by atoms with Gasteiger partial charge in [0.1, 0.15) is 29.7 Å². The molecule has 0 saturated carbocycles. The highest BCUT2D eigenvalue weighted by molar-refractivity contribution is 7.17. The largest absolute Gasteiger partial charge is 0.490 e. The van der Waals surface area contributed by atoms with Crippen LogP contribution in [0.15, 0.2) is 34.4 Å². The fourth-order valence-corrected chi connectivity index (χ4v) is 6.90. The number of nitrogens with one attached hydrogen (secondary N) is 1. The fraction of sp³-hybridized carbons (Fsp3) is 0.414. The standard InChI is InChI=1S/C29H34F2N4O5SSi/c1-16-21-15-20(33-35(21)9-8-34(16)28(37)38)25-24(26-18(7-12-41-26)27(36)32-25)23-19(31)13-17(30)14-22(23)39-10-11-40-42(5,6)29(2,3)4/h7,12-16H,8-11H2,1-6H3,(H,32,36)(H,37,38)/t16-/m1/s1. The monoisotopic (exact) mass is 616 g/mol. The molecule has 0 aliphatic carbocycles. The average molecular weight is 617 g/mol. The van der Waals surface area contributed by atoms with Gasteiger partial charge in [-0.1, -0.05) is 20.8 Å². The molecule has 0 bridgehead atoms. The van der Waals surface area contributed by atoms with Crippen molar-refractivity contribution in [3.63, 3.8) is 0 Å². The van der Waals surface area contributed by atoms with Crippen LogP contribution in [0.5, 0.6) is 5.75 Å². The van der Waals surface area contributed by atoms with Gasteiger partial charge in [0.25, 0.3) is 5.56 Å². The van der Waals surface area contributed by atoms with Gasteiger partial charge in [0.2, 0.25) is 0 Å². The van der Waals surface area contributed by atoms with E-state index in [9.17, 15) is 19.1 Å². The van der Waals surface area contributed by atoms with Crippen molar-refractivity contribution in [1.29, 1.82) is 0 Å². The number of ether oxygens (including phenoxy) is 1. The van der Waals surface area contributed by atoms with E-state index < -0.39 is 32.1 Å². The second-order valence-electron chi connectivity index (χ2n) is 11.9. The van der Waals surface area contributed by atoms with Crippen LogP contribution in [0.3, 0.4) is 0 Å². The van der Waals surface area contributed by atoms with Crippen LogP contribution in [-0.2, 0) is 11.0 Å². The second-order valence-corrected chi connectivity index (χ2v) is 17.6. The van der Waals surface area contributed by atoms with Crippen LogP contribution < -0.4 is 10.3 Å². The highest BCUT2D eigenvalue weighted by Crippen LogP contribution is 2.44. The van der Waals surface area contributed by atoms with Crippen molar-refractivity contribution in [2.24, 2.45) is 0 Å². The summed E-state index contributed by atoms with van der Waals surface area (Å²) in [6.07, 6.45) is -1.04. The molecule has 0 unspecified atom stereocenters. The van der Waals surface area contributed by atoms with Crippen LogP contribution in [0.2, 0.25) is 18.1 Å². The van der Waals surface area contributed by atoms with Gasteiger partial charge in [-0.3, -0.25) is 14.4 Å². The highest BCUT2D eigenvalue weighted by atomic mass is 32.1. The average Bonchev–Trinajstić information content (AvgIpc) is 3.55. The van der Waals surface area contributed by atoms with Gasteiger partial charge >= 0.3 is 6.09 Å². The summed E-state index contributed by atoms with van der Waals surface area (Å²) in [4.78, 5) is 29.0. The zero-order valence-electron chi connectivity index (χ0n) is 24.4. The van der Waals surface area contributed by atoms with Crippen LogP contribution in [0, 0.1) is 11.6 Å². The van der Waals surface area contributed by atoms with E-state index in [1.54, 1.807) is 29.1 Å². The van der Waals surface area contributed by atoms with E-state index in [2.05, 4.69) is 43.9 Å². The smallest absolute Gasteiger partial charge is 0.407 e. The van der Waals surface area contributed by atoms with Crippen LogP contribution in [0.1, 0.15) is 39.4 Å². The molecule has 42 heavy (non-hydrogen) atoms. The minimum absolute atomic E-state index is 0.00592. The molecule has 1 amide bonds. The Morgan fingerprint density at radius 3 is 2.62 bits per heavy atom. The summed E-state index contributed by atoms with van der Waals surface area (Å²) < 4.78 is 44.7. The Balaban J connectivity index is 1.61. The van der Waals surface area contributed by atoms with E-state index in [1.165, 1.54) is 16.2 Å². The number of hydrogen-bond donors (Lipinski definition) is 2. The molecule has 224 valence electrons. The van der Waals surface area contributed by atoms with Gasteiger partial charge in [0.05, 0.1) is 46.2 Å². The Labute approximate surface area is 246 Å². The van der Waals surface area contributed by atoms with E-state index in [0.717, 1.165) is 12.1 Å². The molecule has 3 aromatic heterocycles. The van der Waals surface area contributed by atoms with Gasteiger partial charge in [-0.25, -0.2) is 13.6 Å². The van der Waals surface area contributed by atoms with Crippen LogP contribution >= 0.6 is 11.3 Å². The van der Waals surface area contributed by atoms with Crippen LogP contribution in [0.25, 0.3) is 32.6 Å². The molecule has 1 aromatic carbocycles. The molecule has 0 saturated heterocycles. The number of aromatic amines is 1. The highest BCUT2D eigenvalue weighted by Gasteiger charge is 2.37. The maximum atomic E-state index is 15.8. The molecule has 9 nitrogen and oxygen atoms in total. The summed E-state index contributed by atoms with van der Waals surface area (Å²) in [6.45, 7) is 13.2. The number of carbonyl (C=O) groups is 1. The lowest BCUT2D eigenvalue weighted by Gasteiger charge is -2.36. The lowest BCUT2D eigenvalue weighted by molar-refractivity contribution is 0.113. The number of fused-ring (bicyclic) bond motifs is 2. The van der Waals surface area contributed by atoms with Gasteiger partial charge < -0.3 is 19.3 Å². The first-order valence-electron chi connectivity index (χ1n) is 13.7. The summed E-state index contributed by atoms with van der Waals surface area (Å²) in [5.74, 6) is -1.68. The number of hydrogen-bond acceptors (Lipinski definition) is 6. The molecule has 0 fully saturated rings. The molecule has 4 aromatic rings. The molecule has 4 heterocycles. The van der Waals surface area contributed by atoms with Crippen molar-refractivity contribution in [2.75, 3.05) is 19.8 Å². The first-order valence-corrected chi connectivity index (χ1v) is 17.5. The van der Waals surface area contributed by atoms with Crippen molar-refractivity contribution >= 4 is 35.8 Å². The molecule has 5 rings (SSSR count). The summed E-state index contributed by atoms with van der Waals surface area (Å²) in [5.41, 5.74) is 1.13. The lowest BCUT2D eigenvalue weighted by Crippen LogP contribution is -2.41. The maximum absolute atomic E-state index is 15.8. The Hall–Kier alpha value is -3.55. The predicted molar refractivity (Wildman–Crippen MR) is 161 cm³/mol.